The molecular formula is C14H28N2O2. The minimum atomic E-state index is -0.153. The van der Waals surface area contributed by atoms with Crippen LogP contribution >= 0.6 is 0 Å². The van der Waals surface area contributed by atoms with E-state index in [-0.39, 0.29) is 6.09 Å². The Kier molecular flexibility index (Phi) is 7.81. The molecule has 106 valence electrons. The Balaban J connectivity index is 2.06. The van der Waals surface area contributed by atoms with E-state index in [2.05, 4.69) is 11.8 Å². The largest absolute Gasteiger partial charge is 0.450 e. The van der Waals surface area contributed by atoms with Crippen molar-refractivity contribution in [1.29, 1.82) is 0 Å². The van der Waals surface area contributed by atoms with Crippen molar-refractivity contribution in [2.45, 2.75) is 46.0 Å². The minimum absolute atomic E-state index is 0.153. The van der Waals surface area contributed by atoms with E-state index >= 15 is 0 Å². The standard InChI is InChI=1S/C14H28N2O2/c1-3-5-6-7-8-9-15-10-12-16(13-11-15)14(17)18-4-2/h3-13H2,1-2H3. The van der Waals surface area contributed by atoms with Gasteiger partial charge in [0.25, 0.3) is 0 Å². The number of piperazine rings is 1. The number of carbonyl (C=O) groups excluding carboxylic acids is 1. The Morgan fingerprint density at radius 3 is 2.28 bits per heavy atom. The third-order valence-electron chi connectivity index (χ3n) is 3.48. The highest BCUT2D eigenvalue weighted by Gasteiger charge is 2.21. The normalized spacial score (nSPS) is 16.9. The van der Waals surface area contributed by atoms with E-state index in [1.54, 1.807) is 0 Å². The maximum atomic E-state index is 11.5. The number of hydrogen-bond donors (Lipinski definition) is 0. The van der Waals surface area contributed by atoms with Crippen molar-refractivity contribution in [3.8, 4) is 0 Å². The van der Waals surface area contributed by atoms with E-state index in [0.29, 0.717) is 6.61 Å². The van der Waals surface area contributed by atoms with Crippen LogP contribution in [0.25, 0.3) is 0 Å². The van der Waals surface area contributed by atoms with Gasteiger partial charge < -0.3 is 9.64 Å². The van der Waals surface area contributed by atoms with E-state index in [0.717, 1.165) is 26.2 Å². The van der Waals surface area contributed by atoms with Crippen LogP contribution in [-0.2, 0) is 4.74 Å². The average molecular weight is 256 g/mol. The zero-order valence-electron chi connectivity index (χ0n) is 12.0. The van der Waals surface area contributed by atoms with Crippen molar-refractivity contribution in [2.24, 2.45) is 0 Å². The smallest absolute Gasteiger partial charge is 0.409 e. The second-order valence-corrected chi connectivity index (χ2v) is 4.94. The highest BCUT2D eigenvalue weighted by Crippen LogP contribution is 2.07. The van der Waals surface area contributed by atoms with Crippen LogP contribution in [0.4, 0.5) is 4.79 Å². The summed E-state index contributed by atoms with van der Waals surface area (Å²) in [7, 11) is 0. The molecule has 4 heteroatoms. The zero-order valence-corrected chi connectivity index (χ0v) is 12.0. The van der Waals surface area contributed by atoms with Gasteiger partial charge in [0.1, 0.15) is 0 Å². The molecule has 0 N–H and O–H groups in total. The van der Waals surface area contributed by atoms with Crippen molar-refractivity contribution in [3.05, 3.63) is 0 Å². The van der Waals surface area contributed by atoms with Crippen molar-refractivity contribution >= 4 is 6.09 Å². The summed E-state index contributed by atoms with van der Waals surface area (Å²) in [6.45, 7) is 9.36. The molecular weight excluding hydrogens is 228 g/mol. The molecule has 0 saturated carbocycles. The Bertz CT molecular complexity index is 226. The Labute approximate surface area is 111 Å². The van der Waals surface area contributed by atoms with Crippen LogP contribution in [0.15, 0.2) is 0 Å². The number of hydrogen-bond acceptors (Lipinski definition) is 3. The molecule has 1 aliphatic rings. The van der Waals surface area contributed by atoms with Crippen LogP contribution in [0.5, 0.6) is 0 Å². The average Bonchev–Trinajstić information content (AvgIpc) is 2.39. The maximum Gasteiger partial charge on any atom is 0.409 e. The first-order valence-corrected chi connectivity index (χ1v) is 7.42. The number of ether oxygens (including phenoxy) is 1. The predicted molar refractivity (Wildman–Crippen MR) is 73.8 cm³/mol. The maximum absolute atomic E-state index is 11.5. The van der Waals surface area contributed by atoms with Crippen LogP contribution < -0.4 is 0 Å². The number of amides is 1. The highest BCUT2D eigenvalue weighted by molar-refractivity contribution is 5.67. The van der Waals surface area contributed by atoms with Gasteiger partial charge in [-0.1, -0.05) is 32.6 Å². The minimum Gasteiger partial charge on any atom is -0.450 e. The third-order valence-corrected chi connectivity index (χ3v) is 3.48. The molecule has 1 amide bonds. The van der Waals surface area contributed by atoms with Crippen LogP contribution in [-0.4, -0.2) is 55.2 Å². The molecule has 1 rings (SSSR count). The van der Waals surface area contributed by atoms with Crippen molar-refractivity contribution in [1.82, 2.24) is 9.80 Å². The van der Waals surface area contributed by atoms with Gasteiger partial charge in [0, 0.05) is 26.2 Å². The van der Waals surface area contributed by atoms with Gasteiger partial charge in [-0.3, -0.25) is 4.90 Å². The Morgan fingerprint density at radius 2 is 1.67 bits per heavy atom. The molecule has 0 aromatic heterocycles. The fourth-order valence-corrected chi connectivity index (χ4v) is 2.31. The molecule has 18 heavy (non-hydrogen) atoms. The number of nitrogens with zero attached hydrogens (tertiary/aromatic N) is 2. The Hall–Kier alpha value is -0.770. The van der Waals surface area contributed by atoms with Crippen LogP contribution in [0, 0.1) is 0 Å². The first-order chi connectivity index (χ1) is 8.77. The molecule has 0 bridgehead atoms. The van der Waals surface area contributed by atoms with Gasteiger partial charge in [0.05, 0.1) is 6.61 Å². The van der Waals surface area contributed by atoms with E-state index in [1.165, 1.54) is 38.6 Å². The monoisotopic (exact) mass is 256 g/mol. The van der Waals surface area contributed by atoms with Crippen molar-refractivity contribution in [3.63, 3.8) is 0 Å². The van der Waals surface area contributed by atoms with Crippen molar-refractivity contribution in [2.75, 3.05) is 39.3 Å². The van der Waals surface area contributed by atoms with Crippen LogP contribution in [0.2, 0.25) is 0 Å². The summed E-state index contributed by atoms with van der Waals surface area (Å²) in [6.07, 6.45) is 6.50. The molecule has 0 aromatic rings. The highest BCUT2D eigenvalue weighted by atomic mass is 16.6. The van der Waals surface area contributed by atoms with Gasteiger partial charge in [-0.15, -0.1) is 0 Å². The van der Waals surface area contributed by atoms with Gasteiger partial charge in [0.15, 0.2) is 0 Å². The van der Waals surface area contributed by atoms with E-state index in [4.69, 9.17) is 4.74 Å². The first-order valence-electron chi connectivity index (χ1n) is 7.42. The second-order valence-electron chi connectivity index (χ2n) is 4.94. The predicted octanol–water partition coefficient (Wildman–Crippen LogP) is 2.73. The molecule has 0 atom stereocenters. The molecule has 1 fully saturated rings. The van der Waals surface area contributed by atoms with E-state index in [9.17, 15) is 4.79 Å². The summed E-state index contributed by atoms with van der Waals surface area (Å²) in [5, 5.41) is 0. The molecule has 1 saturated heterocycles. The lowest BCUT2D eigenvalue weighted by Crippen LogP contribution is -2.49. The summed E-state index contributed by atoms with van der Waals surface area (Å²) in [5.74, 6) is 0. The summed E-state index contributed by atoms with van der Waals surface area (Å²) in [6, 6.07) is 0. The molecule has 4 nitrogen and oxygen atoms in total. The lowest BCUT2D eigenvalue weighted by molar-refractivity contribution is 0.0792. The second kappa shape index (κ2) is 9.20. The zero-order chi connectivity index (χ0) is 13.2. The SMILES string of the molecule is CCCCCCCN1CCN(C(=O)OCC)CC1. The topological polar surface area (TPSA) is 32.8 Å². The quantitative estimate of drug-likeness (QED) is 0.657. The van der Waals surface area contributed by atoms with Crippen LogP contribution in [0.3, 0.4) is 0 Å². The molecule has 0 aliphatic carbocycles. The van der Waals surface area contributed by atoms with Crippen LogP contribution in [0.1, 0.15) is 46.0 Å². The summed E-state index contributed by atoms with van der Waals surface area (Å²) in [4.78, 5) is 15.8. The summed E-state index contributed by atoms with van der Waals surface area (Å²) in [5.41, 5.74) is 0. The fourth-order valence-electron chi connectivity index (χ4n) is 2.31. The van der Waals surface area contributed by atoms with Gasteiger partial charge >= 0.3 is 6.09 Å². The molecule has 1 aliphatic heterocycles. The van der Waals surface area contributed by atoms with Crippen molar-refractivity contribution < 1.29 is 9.53 Å². The lowest BCUT2D eigenvalue weighted by atomic mass is 10.1. The fraction of sp³-hybridized carbons (Fsp3) is 0.929. The van der Waals surface area contributed by atoms with Gasteiger partial charge in [-0.05, 0) is 19.9 Å². The lowest BCUT2D eigenvalue weighted by Gasteiger charge is -2.34. The summed E-state index contributed by atoms with van der Waals surface area (Å²) >= 11 is 0. The summed E-state index contributed by atoms with van der Waals surface area (Å²) < 4.78 is 5.01. The molecule has 0 radical (unpaired) electrons. The number of unbranched alkanes of at least 4 members (excludes halogenated alkanes) is 4. The molecule has 1 heterocycles. The van der Waals surface area contributed by atoms with Gasteiger partial charge in [-0.25, -0.2) is 4.79 Å². The Morgan fingerprint density at radius 1 is 1.00 bits per heavy atom. The first kappa shape index (κ1) is 15.3. The van der Waals surface area contributed by atoms with E-state index < -0.39 is 0 Å². The molecule has 0 spiro atoms. The van der Waals surface area contributed by atoms with E-state index in [1.807, 2.05) is 11.8 Å². The van der Waals surface area contributed by atoms with Gasteiger partial charge in [0.2, 0.25) is 0 Å². The van der Waals surface area contributed by atoms with Gasteiger partial charge in [-0.2, -0.15) is 0 Å². The third kappa shape index (κ3) is 5.71. The number of carbonyl (C=O) groups is 1. The molecule has 0 aromatic carbocycles. The number of rotatable bonds is 7. The molecule has 0 unspecified atom stereocenters.